The Labute approximate surface area is 102 Å². The number of benzene rings is 1. The minimum absolute atomic E-state index is 0.00870. The fraction of sp³-hybridized carbons (Fsp3) is 0.462. The molecule has 3 N–H and O–H groups in total. The highest BCUT2D eigenvalue weighted by atomic mass is 16.5. The fourth-order valence-corrected chi connectivity index (χ4v) is 1.38. The Kier molecular flexibility index (Phi) is 5.66. The van der Waals surface area contributed by atoms with Crippen molar-refractivity contribution < 1.29 is 9.53 Å². The zero-order valence-electron chi connectivity index (χ0n) is 10.4. The average Bonchev–Trinajstić information content (AvgIpc) is 2.36. The molecule has 1 amide bonds. The number of methoxy groups -OCH3 is 1. The van der Waals surface area contributed by atoms with E-state index < -0.39 is 0 Å². The first-order valence-corrected chi connectivity index (χ1v) is 5.73. The van der Waals surface area contributed by atoms with Crippen LogP contribution in [0.25, 0.3) is 0 Å². The topological polar surface area (TPSA) is 64.3 Å². The molecule has 4 heteroatoms. The number of rotatable bonds is 6. The van der Waals surface area contributed by atoms with E-state index in [9.17, 15) is 4.79 Å². The number of amides is 1. The molecule has 4 nitrogen and oxygen atoms in total. The molecule has 0 aromatic heterocycles. The summed E-state index contributed by atoms with van der Waals surface area (Å²) in [5.74, 6) is 0.00870. The lowest BCUT2D eigenvalue weighted by Gasteiger charge is -2.10. The lowest BCUT2D eigenvalue weighted by atomic mass is 10.1. The van der Waals surface area contributed by atoms with E-state index in [1.165, 1.54) is 0 Å². The molecule has 0 aliphatic carbocycles. The van der Waals surface area contributed by atoms with Crippen molar-refractivity contribution in [3.63, 3.8) is 0 Å². The van der Waals surface area contributed by atoms with E-state index in [2.05, 4.69) is 5.32 Å². The number of carbonyl (C=O) groups excluding carboxylic acids is 1. The summed E-state index contributed by atoms with van der Waals surface area (Å²) in [6.45, 7) is 2.98. The third-order valence-corrected chi connectivity index (χ3v) is 2.61. The zero-order valence-corrected chi connectivity index (χ0v) is 10.4. The van der Waals surface area contributed by atoms with Gasteiger partial charge in [0.1, 0.15) is 0 Å². The predicted molar refractivity (Wildman–Crippen MR) is 67.5 cm³/mol. The van der Waals surface area contributed by atoms with E-state index in [4.69, 9.17) is 10.5 Å². The molecule has 0 aliphatic heterocycles. The lowest BCUT2D eigenvalue weighted by molar-refractivity contribution is -0.120. The zero-order chi connectivity index (χ0) is 12.7. The second-order valence-electron chi connectivity index (χ2n) is 4.05. The summed E-state index contributed by atoms with van der Waals surface area (Å²) >= 11 is 0. The Hall–Kier alpha value is -1.39. The number of ether oxygens (including phenoxy) is 1. The van der Waals surface area contributed by atoms with Crippen molar-refractivity contribution in [2.75, 3.05) is 13.7 Å². The molecule has 0 heterocycles. The number of nitrogens with two attached hydrogens (primary N) is 1. The first-order chi connectivity index (χ1) is 8.15. The van der Waals surface area contributed by atoms with Crippen molar-refractivity contribution in [2.24, 2.45) is 5.73 Å². The summed E-state index contributed by atoms with van der Waals surface area (Å²) in [5.41, 5.74) is 7.57. The van der Waals surface area contributed by atoms with Crippen LogP contribution in [0.15, 0.2) is 24.3 Å². The van der Waals surface area contributed by atoms with Crippen LogP contribution in [0.2, 0.25) is 0 Å². The Morgan fingerprint density at radius 3 is 2.47 bits per heavy atom. The van der Waals surface area contributed by atoms with Crippen molar-refractivity contribution >= 4 is 5.91 Å². The van der Waals surface area contributed by atoms with Crippen molar-refractivity contribution in [1.29, 1.82) is 0 Å². The third-order valence-electron chi connectivity index (χ3n) is 2.61. The Bertz CT molecular complexity index is 349. The number of hydrogen-bond donors (Lipinski definition) is 2. The van der Waals surface area contributed by atoms with Gasteiger partial charge in [0.25, 0.3) is 0 Å². The van der Waals surface area contributed by atoms with Gasteiger partial charge < -0.3 is 15.8 Å². The van der Waals surface area contributed by atoms with Crippen LogP contribution in [-0.2, 0) is 22.5 Å². The molecular weight excluding hydrogens is 216 g/mol. The smallest absolute Gasteiger partial charge is 0.224 e. The second-order valence-corrected chi connectivity index (χ2v) is 4.05. The van der Waals surface area contributed by atoms with Crippen LogP contribution in [0.5, 0.6) is 0 Å². The van der Waals surface area contributed by atoms with Crippen molar-refractivity contribution in [3.8, 4) is 0 Å². The van der Waals surface area contributed by atoms with Gasteiger partial charge in [-0.2, -0.15) is 0 Å². The molecule has 94 valence electrons. The van der Waals surface area contributed by atoms with Crippen LogP contribution in [0, 0.1) is 0 Å². The summed E-state index contributed by atoms with van der Waals surface area (Å²) in [6.07, 6.45) is 0.431. The molecular formula is C13H20N2O2. The van der Waals surface area contributed by atoms with Gasteiger partial charge in [0.05, 0.1) is 12.5 Å². The van der Waals surface area contributed by atoms with Gasteiger partial charge in [0.15, 0.2) is 0 Å². The molecule has 1 rings (SSSR count). The number of carbonyl (C=O) groups is 1. The average molecular weight is 236 g/mol. The molecule has 0 radical (unpaired) electrons. The van der Waals surface area contributed by atoms with Crippen LogP contribution < -0.4 is 11.1 Å². The standard InChI is InChI=1S/C13H20N2O2/c1-10(17-2)9-15-13(16)7-11-3-5-12(8-14)6-4-11/h3-6,10H,7-9,14H2,1-2H3,(H,15,16). The van der Waals surface area contributed by atoms with E-state index in [0.29, 0.717) is 19.5 Å². The van der Waals surface area contributed by atoms with Gasteiger partial charge in [-0.05, 0) is 18.1 Å². The van der Waals surface area contributed by atoms with E-state index in [1.54, 1.807) is 7.11 Å². The van der Waals surface area contributed by atoms with Gasteiger partial charge in [-0.15, -0.1) is 0 Å². The maximum absolute atomic E-state index is 11.6. The Morgan fingerprint density at radius 1 is 1.35 bits per heavy atom. The first-order valence-electron chi connectivity index (χ1n) is 5.73. The van der Waals surface area contributed by atoms with Gasteiger partial charge in [0.2, 0.25) is 5.91 Å². The fourth-order valence-electron chi connectivity index (χ4n) is 1.38. The minimum atomic E-state index is 0.00870. The molecule has 17 heavy (non-hydrogen) atoms. The molecule has 1 aromatic rings. The summed E-state index contributed by atoms with van der Waals surface area (Å²) in [7, 11) is 1.63. The molecule has 0 saturated heterocycles. The number of hydrogen-bond acceptors (Lipinski definition) is 3. The molecule has 0 aliphatic rings. The molecule has 0 bridgehead atoms. The van der Waals surface area contributed by atoms with Crippen LogP contribution >= 0.6 is 0 Å². The SMILES string of the molecule is COC(C)CNC(=O)Cc1ccc(CN)cc1. The predicted octanol–water partition coefficient (Wildman–Crippen LogP) is 0.839. The number of nitrogens with one attached hydrogen (secondary N) is 1. The Morgan fingerprint density at radius 2 is 1.94 bits per heavy atom. The summed E-state index contributed by atoms with van der Waals surface area (Å²) in [5, 5.41) is 2.82. The lowest BCUT2D eigenvalue weighted by Crippen LogP contribution is -2.32. The highest BCUT2D eigenvalue weighted by Crippen LogP contribution is 2.04. The Balaban J connectivity index is 2.39. The molecule has 1 atom stereocenters. The quantitative estimate of drug-likeness (QED) is 0.769. The normalized spacial score (nSPS) is 12.2. The van der Waals surface area contributed by atoms with E-state index in [0.717, 1.165) is 11.1 Å². The molecule has 0 spiro atoms. The van der Waals surface area contributed by atoms with Crippen molar-refractivity contribution in [2.45, 2.75) is 26.0 Å². The minimum Gasteiger partial charge on any atom is -0.380 e. The first kappa shape index (κ1) is 13.7. The van der Waals surface area contributed by atoms with Gasteiger partial charge in [-0.25, -0.2) is 0 Å². The monoisotopic (exact) mass is 236 g/mol. The second kappa shape index (κ2) is 7.04. The van der Waals surface area contributed by atoms with Crippen LogP contribution in [0.4, 0.5) is 0 Å². The third kappa shape index (κ3) is 4.97. The molecule has 0 saturated carbocycles. The van der Waals surface area contributed by atoms with E-state index in [1.807, 2.05) is 31.2 Å². The summed E-state index contributed by atoms with van der Waals surface area (Å²) in [4.78, 5) is 11.6. The van der Waals surface area contributed by atoms with Gasteiger partial charge in [-0.1, -0.05) is 24.3 Å². The van der Waals surface area contributed by atoms with Gasteiger partial charge in [0, 0.05) is 20.2 Å². The molecule has 0 fully saturated rings. The van der Waals surface area contributed by atoms with Crippen LogP contribution in [0.3, 0.4) is 0 Å². The van der Waals surface area contributed by atoms with Crippen molar-refractivity contribution in [3.05, 3.63) is 35.4 Å². The maximum Gasteiger partial charge on any atom is 0.224 e. The van der Waals surface area contributed by atoms with Gasteiger partial charge in [-0.3, -0.25) is 4.79 Å². The van der Waals surface area contributed by atoms with Crippen molar-refractivity contribution in [1.82, 2.24) is 5.32 Å². The highest BCUT2D eigenvalue weighted by Gasteiger charge is 2.05. The maximum atomic E-state index is 11.6. The highest BCUT2D eigenvalue weighted by molar-refractivity contribution is 5.78. The molecule has 1 unspecified atom stereocenters. The van der Waals surface area contributed by atoms with Crippen LogP contribution in [0.1, 0.15) is 18.1 Å². The van der Waals surface area contributed by atoms with Crippen LogP contribution in [-0.4, -0.2) is 25.7 Å². The summed E-state index contributed by atoms with van der Waals surface area (Å²) in [6, 6.07) is 7.75. The van der Waals surface area contributed by atoms with E-state index >= 15 is 0 Å². The largest absolute Gasteiger partial charge is 0.380 e. The summed E-state index contributed by atoms with van der Waals surface area (Å²) < 4.78 is 5.05. The molecule has 1 aromatic carbocycles. The van der Waals surface area contributed by atoms with E-state index in [-0.39, 0.29) is 12.0 Å². The van der Waals surface area contributed by atoms with Gasteiger partial charge >= 0.3 is 0 Å².